The molecule has 0 aromatic heterocycles. The van der Waals surface area contributed by atoms with Crippen LogP contribution in [0.25, 0.3) is 0 Å². The second-order valence-electron chi connectivity index (χ2n) is 4.39. The van der Waals surface area contributed by atoms with E-state index in [2.05, 4.69) is 0 Å². The average molecular weight is 320 g/mol. The number of rotatable bonds is 5. The number of nitriles is 1. The van der Waals surface area contributed by atoms with Crippen molar-refractivity contribution in [1.29, 1.82) is 5.26 Å². The van der Waals surface area contributed by atoms with Gasteiger partial charge >= 0.3 is 0 Å². The van der Waals surface area contributed by atoms with Gasteiger partial charge in [0, 0.05) is 0 Å². The monoisotopic (exact) mass is 320 g/mol. The van der Waals surface area contributed by atoms with Crippen molar-refractivity contribution in [2.45, 2.75) is 4.90 Å². The summed E-state index contributed by atoms with van der Waals surface area (Å²) in [4.78, 5) is -0.185. The van der Waals surface area contributed by atoms with Crippen LogP contribution in [0, 0.1) is 17.1 Å². The van der Waals surface area contributed by atoms with E-state index in [1.165, 1.54) is 36.4 Å². The summed E-state index contributed by atoms with van der Waals surface area (Å²) in [6.45, 7) is -0.685. The SMILES string of the molecule is N#Cc1ccccc1S(=O)(=O)N(CCO)c1cccc(F)c1. The first-order chi connectivity index (χ1) is 10.5. The Morgan fingerprint density at radius 3 is 2.55 bits per heavy atom. The lowest BCUT2D eigenvalue weighted by molar-refractivity contribution is 0.306. The van der Waals surface area contributed by atoms with Crippen LogP contribution in [0.2, 0.25) is 0 Å². The molecule has 2 aromatic rings. The van der Waals surface area contributed by atoms with Crippen LogP contribution in [0.3, 0.4) is 0 Å². The number of sulfonamides is 1. The van der Waals surface area contributed by atoms with Gasteiger partial charge in [-0.25, -0.2) is 12.8 Å². The van der Waals surface area contributed by atoms with Gasteiger partial charge in [0.25, 0.3) is 10.0 Å². The Bertz CT molecular complexity index is 816. The third-order valence-corrected chi connectivity index (χ3v) is 4.86. The van der Waals surface area contributed by atoms with E-state index in [1.54, 1.807) is 6.07 Å². The lowest BCUT2D eigenvalue weighted by Gasteiger charge is -2.24. The Morgan fingerprint density at radius 1 is 1.18 bits per heavy atom. The lowest BCUT2D eigenvalue weighted by atomic mass is 10.2. The fraction of sp³-hybridized carbons (Fsp3) is 0.133. The van der Waals surface area contributed by atoms with Gasteiger partial charge in [0.1, 0.15) is 16.8 Å². The van der Waals surface area contributed by atoms with Crippen molar-refractivity contribution < 1.29 is 17.9 Å². The fourth-order valence-corrected chi connectivity index (χ4v) is 3.61. The Kier molecular flexibility index (Phi) is 4.75. The molecule has 1 N–H and O–H groups in total. The number of anilines is 1. The van der Waals surface area contributed by atoms with E-state index in [9.17, 15) is 12.8 Å². The molecule has 114 valence electrons. The predicted octanol–water partition coefficient (Wildman–Crippen LogP) is 1.88. The molecule has 0 spiro atoms. The molecule has 2 rings (SSSR count). The number of aliphatic hydroxyl groups is 1. The van der Waals surface area contributed by atoms with Crippen LogP contribution in [-0.4, -0.2) is 26.7 Å². The van der Waals surface area contributed by atoms with Gasteiger partial charge in [-0.1, -0.05) is 18.2 Å². The van der Waals surface area contributed by atoms with Crippen molar-refractivity contribution in [3.8, 4) is 6.07 Å². The molecule has 0 unspecified atom stereocenters. The molecule has 0 aliphatic heterocycles. The van der Waals surface area contributed by atoms with Gasteiger partial charge in [-0.2, -0.15) is 5.26 Å². The zero-order chi connectivity index (χ0) is 16.2. The summed E-state index contributed by atoms with van der Waals surface area (Å²) in [7, 11) is -4.09. The maximum absolute atomic E-state index is 13.4. The second-order valence-corrected chi connectivity index (χ2v) is 6.22. The summed E-state index contributed by atoms with van der Waals surface area (Å²) in [6.07, 6.45) is 0. The molecule has 0 bridgehead atoms. The molecule has 0 fully saturated rings. The smallest absolute Gasteiger partial charge is 0.265 e. The molecule has 5 nitrogen and oxygen atoms in total. The number of benzene rings is 2. The van der Waals surface area contributed by atoms with Crippen molar-refractivity contribution in [2.24, 2.45) is 0 Å². The van der Waals surface area contributed by atoms with Crippen LogP contribution < -0.4 is 4.31 Å². The minimum absolute atomic E-state index is 0.0122. The van der Waals surface area contributed by atoms with Crippen LogP contribution in [-0.2, 0) is 10.0 Å². The highest BCUT2D eigenvalue weighted by Crippen LogP contribution is 2.25. The number of hydrogen-bond donors (Lipinski definition) is 1. The Morgan fingerprint density at radius 2 is 1.91 bits per heavy atom. The van der Waals surface area contributed by atoms with Gasteiger partial charge in [0.05, 0.1) is 24.4 Å². The van der Waals surface area contributed by atoms with Crippen LogP contribution in [0.4, 0.5) is 10.1 Å². The van der Waals surface area contributed by atoms with Gasteiger partial charge < -0.3 is 5.11 Å². The minimum Gasteiger partial charge on any atom is -0.394 e. The summed E-state index contributed by atoms with van der Waals surface area (Å²) in [5.74, 6) is -0.593. The van der Waals surface area contributed by atoms with E-state index in [-0.39, 0.29) is 22.7 Å². The molecular weight excluding hydrogens is 307 g/mol. The molecule has 0 aliphatic rings. The van der Waals surface area contributed by atoms with Crippen molar-refractivity contribution in [3.05, 3.63) is 59.9 Å². The molecule has 0 saturated heterocycles. The number of hydrogen-bond acceptors (Lipinski definition) is 4. The van der Waals surface area contributed by atoms with Crippen molar-refractivity contribution in [3.63, 3.8) is 0 Å². The molecule has 2 aromatic carbocycles. The molecule has 0 radical (unpaired) electrons. The van der Waals surface area contributed by atoms with E-state index in [1.807, 2.05) is 6.07 Å². The minimum atomic E-state index is -4.09. The molecule has 0 amide bonds. The Labute approximate surface area is 127 Å². The highest BCUT2D eigenvalue weighted by molar-refractivity contribution is 7.92. The summed E-state index contributed by atoms with van der Waals surface area (Å²) in [5.41, 5.74) is 0.0728. The van der Waals surface area contributed by atoms with Crippen molar-refractivity contribution in [2.75, 3.05) is 17.5 Å². The number of aliphatic hydroxyl groups excluding tert-OH is 1. The Hall–Kier alpha value is -2.43. The van der Waals surface area contributed by atoms with E-state index < -0.39 is 22.4 Å². The van der Waals surface area contributed by atoms with Gasteiger partial charge in [0.2, 0.25) is 0 Å². The molecule has 22 heavy (non-hydrogen) atoms. The van der Waals surface area contributed by atoms with Crippen molar-refractivity contribution in [1.82, 2.24) is 0 Å². The third-order valence-electron chi connectivity index (χ3n) is 2.97. The zero-order valence-corrected chi connectivity index (χ0v) is 12.3. The van der Waals surface area contributed by atoms with Crippen LogP contribution in [0.5, 0.6) is 0 Å². The van der Waals surface area contributed by atoms with E-state index in [0.717, 1.165) is 10.4 Å². The summed E-state index contributed by atoms with van der Waals surface area (Å²) >= 11 is 0. The van der Waals surface area contributed by atoms with E-state index in [0.29, 0.717) is 0 Å². The average Bonchev–Trinajstić information content (AvgIpc) is 2.52. The van der Waals surface area contributed by atoms with Gasteiger partial charge in [0.15, 0.2) is 0 Å². The maximum atomic E-state index is 13.4. The van der Waals surface area contributed by atoms with Gasteiger partial charge in [-0.15, -0.1) is 0 Å². The highest BCUT2D eigenvalue weighted by atomic mass is 32.2. The second kappa shape index (κ2) is 6.56. The first-order valence-electron chi connectivity index (χ1n) is 6.39. The largest absolute Gasteiger partial charge is 0.394 e. The summed E-state index contributed by atoms with van der Waals surface area (Å²) in [6, 6.07) is 12.6. The first kappa shape index (κ1) is 15.9. The topological polar surface area (TPSA) is 81.4 Å². The molecule has 0 heterocycles. The molecular formula is C15H13FN2O3S. The molecule has 0 atom stereocenters. The van der Waals surface area contributed by atoms with Crippen LogP contribution in [0.15, 0.2) is 53.4 Å². The Balaban J connectivity index is 2.59. The predicted molar refractivity (Wildman–Crippen MR) is 79.2 cm³/mol. The normalized spacial score (nSPS) is 11.0. The number of halogens is 1. The zero-order valence-electron chi connectivity index (χ0n) is 11.5. The van der Waals surface area contributed by atoms with Crippen LogP contribution in [0.1, 0.15) is 5.56 Å². The standard InChI is InChI=1S/C15H13FN2O3S/c16-13-5-3-6-14(10-13)18(8-9-19)22(20,21)15-7-2-1-4-12(15)11-17/h1-7,10,19H,8-9H2. The van der Waals surface area contributed by atoms with Crippen LogP contribution >= 0.6 is 0 Å². The van der Waals surface area contributed by atoms with Gasteiger partial charge in [-0.3, -0.25) is 4.31 Å². The molecule has 7 heteroatoms. The van der Waals surface area contributed by atoms with Gasteiger partial charge in [-0.05, 0) is 30.3 Å². The van der Waals surface area contributed by atoms with E-state index in [4.69, 9.17) is 10.4 Å². The number of nitrogens with zero attached hydrogens (tertiary/aromatic N) is 2. The highest BCUT2D eigenvalue weighted by Gasteiger charge is 2.27. The molecule has 0 aliphatic carbocycles. The van der Waals surface area contributed by atoms with E-state index >= 15 is 0 Å². The summed E-state index contributed by atoms with van der Waals surface area (Å²) < 4.78 is 39.8. The third kappa shape index (κ3) is 3.08. The summed E-state index contributed by atoms with van der Waals surface area (Å²) in [5, 5.41) is 18.2. The lowest BCUT2D eigenvalue weighted by Crippen LogP contribution is -2.34. The van der Waals surface area contributed by atoms with Crippen molar-refractivity contribution >= 4 is 15.7 Å². The molecule has 0 saturated carbocycles. The first-order valence-corrected chi connectivity index (χ1v) is 7.83. The fourth-order valence-electron chi connectivity index (χ4n) is 2.01. The maximum Gasteiger partial charge on any atom is 0.265 e. The quantitative estimate of drug-likeness (QED) is 0.912.